The lowest BCUT2D eigenvalue weighted by atomic mass is 9.99. The third-order valence-corrected chi connectivity index (χ3v) is 4.05. The standard InChI is InChI=1S/C16H22ClNO2/c1-3-15(20-14-6-4-5-13(17)11-14)16(19)18-9-7-12(2)8-10-18/h4-6,11-12,15H,3,7-10H2,1-2H3/t15-/m1/s1. The van der Waals surface area contributed by atoms with Crippen LogP contribution in [0.3, 0.4) is 0 Å². The van der Waals surface area contributed by atoms with Crippen molar-refractivity contribution in [2.45, 2.75) is 39.2 Å². The molecule has 1 aromatic carbocycles. The number of carbonyl (C=O) groups is 1. The molecule has 110 valence electrons. The first-order chi connectivity index (χ1) is 9.60. The first-order valence-electron chi connectivity index (χ1n) is 7.31. The second kappa shape index (κ2) is 6.98. The van der Waals surface area contributed by atoms with Crippen molar-refractivity contribution >= 4 is 17.5 Å². The molecule has 4 heteroatoms. The van der Waals surface area contributed by atoms with Gasteiger partial charge in [-0.15, -0.1) is 0 Å². The Hall–Kier alpha value is -1.22. The summed E-state index contributed by atoms with van der Waals surface area (Å²) in [7, 11) is 0. The van der Waals surface area contributed by atoms with Crippen molar-refractivity contribution in [1.29, 1.82) is 0 Å². The highest BCUT2D eigenvalue weighted by Gasteiger charge is 2.27. The van der Waals surface area contributed by atoms with Crippen molar-refractivity contribution in [3.63, 3.8) is 0 Å². The molecule has 0 spiro atoms. The zero-order valence-corrected chi connectivity index (χ0v) is 12.9. The Bertz CT molecular complexity index is 456. The number of rotatable bonds is 4. The highest BCUT2D eigenvalue weighted by Crippen LogP contribution is 2.21. The van der Waals surface area contributed by atoms with Crippen LogP contribution < -0.4 is 4.74 Å². The van der Waals surface area contributed by atoms with E-state index in [0.717, 1.165) is 25.9 Å². The highest BCUT2D eigenvalue weighted by molar-refractivity contribution is 6.30. The van der Waals surface area contributed by atoms with Gasteiger partial charge in [0, 0.05) is 18.1 Å². The second-order valence-electron chi connectivity index (χ2n) is 5.48. The number of likely N-dealkylation sites (tertiary alicyclic amines) is 1. The molecule has 1 atom stereocenters. The Kier molecular flexibility index (Phi) is 5.30. The molecule has 0 saturated carbocycles. The molecule has 20 heavy (non-hydrogen) atoms. The van der Waals surface area contributed by atoms with E-state index >= 15 is 0 Å². The number of halogens is 1. The molecule has 2 rings (SSSR count). The van der Waals surface area contributed by atoms with E-state index in [9.17, 15) is 4.79 Å². The maximum Gasteiger partial charge on any atom is 0.263 e. The SMILES string of the molecule is CC[C@@H](Oc1cccc(Cl)c1)C(=O)N1CCC(C)CC1. The summed E-state index contributed by atoms with van der Waals surface area (Å²) < 4.78 is 5.81. The number of benzene rings is 1. The van der Waals surface area contributed by atoms with E-state index in [2.05, 4.69) is 6.92 Å². The van der Waals surface area contributed by atoms with Gasteiger partial charge >= 0.3 is 0 Å². The molecule has 1 heterocycles. The minimum atomic E-state index is -0.415. The summed E-state index contributed by atoms with van der Waals surface area (Å²) in [6, 6.07) is 7.20. The van der Waals surface area contributed by atoms with E-state index in [4.69, 9.17) is 16.3 Å². The summed E-state index contributed by atoms with van der Waals surface area (Å²) in [6.07, 6.45) is 2.41. The van der Waals surface area contributed by atoms with E-state index < -0.39 is 6.10 Å². The Balaban J connectivity index is 1.99. The largest absolute Gasteiger partial charge is 0.481 e. The molecule has 1 fully saturated rings. The fourth-order valence-electron chi connectivity index (χ4n) is 2.45. The maximum atomic E-state index is 12.5. The zero-order valence-electron chi connectivity index (χ0n) is 12.1. The van der Waals surface area contributed by atoms with Crippen LogP contribution in [0.25, 0.3) is 0 Å². The van der Waals surface area contributed by atoms with Crippen molar-refractivity contribution in [1.82, 2.24) is 4.90 Å². The van der Waals surface area contributed by atoms with Gasteiger partial charge in [0.05, 0.1) is 0 Å². The first-order valence-corrected chi connectivity index (χ1v) is 7.69. The van der Waals surface area contributed by atoms with E-state index in [1.54, 1.807) is 12.1 Å². The van der Waals surface area contributed by atoms with Crippen LogP contribution in [-0.4, -0.2) is 30.0 Å². The van der Waals surface area contributed by atoms with Crippen LogP contribution in [0.4, 0.5) is 0 Å². The number of nitrogens with zero attached hydrogens (tertiary/aromatic N) is 1. The molecular weight excluding hydrogens is 274 g/mol. The number of piperidine rings is 1. The highest BCUT2D eigenvalue weighted by atomic mass is 35.5. The fourth-order valence-corrected chi connectivity index (χ4v) is 2.63. The summed E-state index contributed by atoms with van der Waals surface area (Å²) in [5, 5.41) is 0.622. The van der Waals surface area contributed by atoms with Crippen LogP contribution in [0, 0.1) is 5.92 Å². The molecule has 0 bridgehead atoms. The molecular formula is C16H22ClNO2. The normalized spacial score (nSPS) is 17.9. The quantitative estimate of drug-likeness (QED) is 0.846. The number of carbonyl (C=O) groups excluding carboxylic acids is 1. The Morgan fingerprint density at radius 1 is 1.45 bits per heavy atom. The van der Waals surface area contributed by atoms with Crippen LogP contribution in [0.2, 0.25) is 5.02 Å². The predicted octanol–water partition coefficient (Wildman–Crippen LogP) is 3.76. The van der Waals surface area contributed by atoms with Gasteiger partial charge in [0.1, 0.15) is 5.75 Å². The molecule has 0 aromatic heterocycles. The van der Waals surface area contributed by atoms with Gasteiger partial charge < -0.3 is 9.64 Å². The molecule has 1 aliphatic rings. The van der Waals surface area contributed by atoms with Crippen LogP contribution in [0.5, 0.6) is 5.75 Å². The van der Waals surface area contributed by atoms with Gasteiger partial charge in [-0.25, -0.2) is 0 Å². The summed E-state index contributed by atoms with van der Waals surface area (Å²) in [5.41, 5.74) is 0. The smallest absolute Gasteiger partial charge is 0.263 e. The van der Waals surface area contributed by atoms with Crippen molar-refractivity contribution in [3.05, 3.63) is 29.3 Å². The molecule has 1 aliphatic heterocycles. The zero-order chi connectivity index (χ0) is 14.5. The van der Waals surface area contributed by atoms with E-state index in [0.29, 0.717) is 23.1 Å². The number of hydrogen-bond acceptors (Lipinski definition) is 2. The van der Waals surface area contributed by atoms with Gasteiger partial charge in [-0.3, -0.25) is 4.79 Å². The molecule has 1 aromatic rings. The molecule has 1 amide bonds. The number of amides is 1. The Morgan fingerprint density at radius 3 is 2.75 bits per heavy atom. The average molecular weight is 296 g/mol. The number of hydrogen-bond donors (Lipinski definition) is 0. The van der Waals surface area contributed by atoms with Gasteiger partial charge in [0.2, 0.25) is 0 Å². The monoisotopic (exact) mass is 295 g/mol. The first kappa shape index (κ1) is 15.2. The van der Waals surface area contributed by atoms with Crippen LogP contribution in [0.15, 0.2) is 24.3 Å². The van der Waals surface area contributed by atoms with Crippen molar-refractivity contribution in [2.75, 3.05) is 13.1 Å². The van der Waals surface area contributed by atoms with Crippen LogP contribution in [-0.2, 0) is 4.79 Å². The lowest BCUT2D eigenvalue weighted by molar-refractivity contribution is -0.140. The maximum absolute atomic E-state index is 12.5. The van der Waals surface area contributed by atoms with Gasteiger partial charge in [-0.1, -0.05) is 31.5 Å². The van der Waals surface area contributed by atoms with E-state index in [-0.39, 0.29) is 5.91 Å². The lowest BCUT2D eigenvalue weighted by Crippen LogP contribution is -2.45. The third-order valence-electron chi connectivity index (χ3n) is 3.82. The molecule has 0 N–H and O–H groups in total. The molecule has 0 radical (unpaired) electrons. The van der Waals surface area contributed by atoms with E-state index in [1.807, 2.05) is 24.0 Å². The lowest BCUT2D eigenvalue weighted by Gasteiger charge is -2.32. The van der Waals surface area contributed by atoms with Gasteiger partial charge in [0.25, 0.3) is 5.91 Å². The average Bonchev–Trinajstić information content (AvgIpc) is 2.45. The van der Waals surface area contributed by atoms with Crippen molar-refractivity contribution < 1.29 is 9.53 Å². The molecule has 3 nitrogen and oxygen atoms in total. The summed E-state index contributed by atoms with van der Waals surface area (Å²) in [6.45, 7) is 5.89. The van der Waals surface area contributed by atoms with E-state index in [1.165, 1.54) is 0 Å². The summed E-state index contributed by atoms with van der Waals surface area (Å²) >= 11 is 5.94. The van der Waals surface area contributed by atoms with Gasteiger partial charge in [-0.2, -0.15) is 0 Å². The molecule has 0 unspecified atom stereocenters. The van der Waals surface area contributed by atoms with Gasteiger partial charge in [-0.05, 0) is 43.4 Å². The second-order valence-corrected chi connectivity index (χ2v) is 5.92. The van der Waals surface area contributed by atoms with Crippen molar-refractivity contribution in [3.8, 4) is 5.75 Å². The molecule has 1 saturated heterocycles. The van der Waals surface area contributed by atoms with Crippen LogP contribution in [0.1, 0.15) is 33.1 Å². The summed E-state index contributed by atoms with van der Waals surface area (Å²) in [5.74, 6) is 1.47. The minimum Gasteiger partial charge on any atom is -0.481 e. The van der Waals surface area contributed by atoms with Crippen molar-refractivity contribution in [2.24, 2.45) is 5.92 Å². The summed E-state index contributed by atoms with van der Waals surface area (Å²) in [4.78, 5) is 14.4. The predicted molar refractivity (Wildman–Crippen MR) is 81.1 cm³/mol. The number of ether oxygens (including phenoxy) is 1. The molecule has 0 aliphatic carbocycles. The Morgan fingerprint density at radius 2 is 2.15 bits per heavy atom. The third kappa shape index (κ3) is 3.89. The van der Waals surface area contributed by atoms with Gasteiger partial charge in [0.15, 0.2) is 6.10 Å². The Labute approximate surface area is 125 Å². The fraction of sp³-hybridized carbons (Fsp3) is 0.562. The minimum absolute atomic E-state index is 0.0966. The topological polar surface area (TPSA) is 29.5 Å². The van der Waals surface area contributed by atoms with Crippen LogP contribution >= 0.6 is 11.6 Å².